The highest BCUT2D eigenvalue weighted by atomic mass is 35.5. The summed E-state index contributed by atoms with van der Waals surface area (Å²) in [6.07, 6.45) is 4.55. The first-order chi connectivity index (χ1) is 21.2. The highest BCUT2D eigenvalue weighted by Gasteiger charge is 2.32. The molecule has 44 heavy (non-hydrogen) atoms. The summed E-state index contributed by atoms with van der Waals surface area (Å²) in [6, 6.07) is 12.2. The molecule has 0 radical (unpaired) electrons. The van der Waals surface area contributed by atoms with Crippen LogP contribution in [-0.4, -0.2) is 63.6 Å². The zero-order chi connectivity index (χ0) is 30.5. The van der Waals surface area contributed by atoms with Crippen molar-refractivity contribution < 1.29 is 14.4 Å². The molecule has 226 valence electrons. The van der Waals surface area contributed by atoms with Crippen molar-refractivity contribution in [2.24, 2.45) is 7.05 Å². The summed E-state index contributed by atoms with van der Waals surface area (Å²) in [5, 5.41) is 15.2. The third kappa shape index (κ3) is 5.19. The van der Waals surface area contributed by atoms with Gasteiger partial charge in [-0.3, -0.25) is 24.4 Å². The molecule has 2 fully saturated rings. The second kappa shape index (κ2) is 11.1. The zero-order valence-electron chi connectivity index (χ0n) is 24.4. The first-order valence-corrected chi connectivity index (χ1v) is 15.1. The Morgan fingerprint density at radius 3 is 2.64 bits per heavy atom. The van der Waals surface area contributed by atoms with Gasteiger partial charge in [0.2, 0.25) is 23.7 Å². The van der Waals surface area contributed by atoms with Gasteiger partial charge < -0.3 is 20.4 Å². The average molecular weight is 614 g/mol. The number of benzene rings is 2. The largest absolute Gasteiger partial charge is 0.371 e. The van der Waals surface area contributed by atoms with Crippen LogP contribution in [-0.2, 0) is 27.9 Å². The molecule has 3 amide bonds. The van der Waals surface area contributed by atoms with Crippen LogP contribution in [0.25, 0.3) is 10.9 Å². The van der Waals surface area contributed by atoms with Gasteiger partial charge in [0.1, 0.15) is 5.02 Å². The lowest BCUT2D eigenvalue weighted by atomic mass is 9.92. The van der Waals surface area contributed by atoms with Crippen molar-refractivity contribution >= 4 is 69.1 Å². The summed E-state index contributed by atoms with van der Waals surface area (Å²) in [4.78, 5) is 49.2. The molecule has 0 spiro atoms. The summed E-state index contributed by atoms with van der Waals surface area (Å²) in [5.41, 5.74) is 5.47. The fourth-order valence-corrected chi connectivity index (χ4v) is 6.49. The fraction of sp³-hybridized carbons (Fsp3) is 0.355. The number of fused-ring (bicyclic) bond motifs is 2. The Hall–Kier alpha value is -4.71. The van der Waals surface area contributed by atoms with E-state index in [0.29, 0.717) is 36.1 Å². The number of halogens is 1. The van der Waals surface area contributed by atoms with Crippen LogP contribution in [0.5, 0.6) is 0 Å². The smallest absolute Gasteiger partial charge is 0.235 e. The van der Waals surface area contributed by atoms with Gasteiger partial charge in [-0.25, -0.2) is 4.98 Å². The minimum Gasteiger partial charge on any atom is -0.371 e. The standard InChI is InChI=1S/C31H32ClN9O3/c1-39-24-7-3-19(13-17(24)14-27(39)43)34-29-23(32)16-33-31(37-29)35-18-9-11-41(12-10-18)20-4-5-21-25(15-20)40(2)38-28(21)22-6-8-26(42)36-30(22)44/h3-5,7,13,15-16,18,22H,6,8-12,14H2,1-2H3,(H,36,42,44)(H2,33,34,35,37). The van der Waals surface area contributed by atoms with Crippen molar-refractivity contribution in [1.29, 1.82) is 0 Å². The number of hydrogen-bond donors (Lipinski definition) is 3. The topological polar surface area (TPSA) is 137 Å². The number of rotatable bonds is 6. The van der Waals surface area contributed by atoms with E-state index >= 15 is 0 Å². The molecule has 4 aromatic rings. The number of aromatic nitrogens is 4. The molecule has 7 rings (SSSR count). The highest BCUT2D eigenvalue weighted by molar-refractivity contribution is 6.32. The van der Waals surface area contributed by atoms with Gasteiger partial charge in [-0.1, -0.05) is 11.6 Å². The molecule has 1 atom stereocenters. The van der Waals surface area contributed by atoms with E-state index < -0.39 is 5.92 Å². The summed E-state index contributed by atoms with van der Waals surface area (Å²) in [5.74, 6) is 0.155. The first-order valence-electron chi connectivity index (χ1n) is 14.7. The molecule has 5 heterocycles. The number of amides is 3. The minimum atomic E-state index is -0.420. The van der Waals surface area contributed by atoms with Gasteiger partial charge in [0, 0.05) is 62.1 Å². The van der Waals surface area contributed by atoms with E-state index in [4.69, 9.17) is 11.6 Å². The van der Waals surface area contributed by atoms with Crippen LogP contribution in [0, 0.1) is 0 Å². The number of nitrogens with one attached hydrogen (secondary N) is 3. The zero-order valence-corrected chi connectivity index (χ0v) is 25.2. The number of likely N-dealkylation sites (N-methyl/N-ethyl adjacent to an activating group) is 1. The molecule has 3 aliphatic rings. The Bertz CT molecular complexity index is 1810. The third-order valence-electron chi connectivity index (χ3n) is 8.79. The number of carbonyl (C=O) groups excluding carboxylic acids is 3. The van der Waals surface area contributed by atoms with Crippen LogP contribution in [0.15, 0.2) is 42.6 Å². The molecule has 2 saturated heterocycles. The van der Waals surface area contributed by atoms with Crippen molar-refractivity contribution in [3.05, 3.63) is 58.9 Å². The second-order valence-electron chi connectivity index (χ2n) is 11.6. The van der Waals surface area contributed by atoms with E-state index in [2.05, 4.69) is 48.0 Å². The monoisotopic (exact) mass is 613 g/mol. The molecule has 13 heteroatoms. The Kier molecular flexibility index (Phi) is 7.08. The number of piperidine rings is 2. The van der Waals surface area contributed by atoms with Gasteiger partial charge in [0.15, 0.2) is 5.82 Å². The van der Waals surface area contributed by atoms with Gasteiger partial charge in [0.05, 0.1) is 29.7 Å². The van der Waals surface area contributed by atoms with Crippen molar-refractivity contribution in [3.8, 4) is 0 Å². The molecule has 3 N–H and O–H groups in total. The van der Waals surface area contributed by atoms with Crippen LogP contribution in [0.3, 0.4) is 0 Å². The second-order valence-corrected chi connectivity index (χ2v) is 12.0. The van der Waals surface area contributed by atoms with E-state index in [9.17, 15) is 14.4 Å². The van der Waals surface area contributed by atoms with Gasteiger partial charge in [-0.2, -0.15) is 10.1 Å². The van der Waals surface area contributed by atoms with Gasteiger partial charge in [-0.15, -0.1) is 0 Å². The number of imide groups is 1. The normalized spacial score (nSPS) is 19.0. The maximum atomic E-state index is 12.5. The lowest BCUT2D eigenvalue weighted by Crippen LogP contribution is -2.39. The average Bonchev–Trinajstić information content (AvgIpc) is 3.49. The van der Waals surface area contributed by atoms with Crippen molar-refractivity contribution in [1.82, 2.24) is 25.1 Å². The quantitative estimate of drug-likeness (QED) is 0.277. The fourth-order valence-electron chi connectivity index (χ4n) is 6.36. The summed E-state index contributed by atoms with van der Waals surface area (Å²) >= 11 is 6.43. The van der Waals surface area contributed by atoms with Crippen LogP contribution >= 0.6 is 11.6 Å². The van der Waals surface area contributed by atoms with Gasteiger partial charge in [-0.05, 0) is 61.2 Å². The highest BCUT2D eigenvalue weighted by Crippen LogP contribution is 2.34. The lowest BCUT2D eigenvalue weighted by Gasteiger charge is -2.34. The molecular weight excluding hydrogens is 582 g/mol. The van der Waals surface area contributed by atoms with E-state index in [1.165, 1.54) is 0 Å². The molecule has 3 aliphatic heterocycles. The molecule has 0 bridgehead atoms. The number of anilines is 5. The number of hydrogen-bond acceptors (Lipinski definition) is 9. The third-order valence-corrected chi connectivity index (χ3v) is 9.07. The van der Waals surface area contributed by atoms with E-state index in [0.717, 1.165) is 65.2 Å². The van der Waals surface area contributed by atoms with Gasteiger partial charge >= 0.3 is 0 Å². The molecular formula is C31H32ClN9O3. The van der Waals surface area contributed by atoms with Crippen LogP contribution in [0.2, 0.25) is 5.02 Å². The summed E-state index contributed by atoms with van der Waals surface area (Å²) in [6.45, 7) is 1.70. The Morgan fingerprint density at radius 1 is 1.02 bits per heavy atom. The molecule has 2 aromatic carbocycles. The predicted molar refractivity (Wildman–Crippen MR) is 169 cm³/mol. The molecule has 12 nitrogen and oxygen atoms in total. The summed E-state index contributed by atoms with van der Waals surface area (Å²) in [7, 11) is 3.67. The van der Waals surface area contributed by atoms with Crippen molar-refractivity contribution in [3.63, 3.8) is 0 Å². The number of carbonyl (C=O) groups is 3. The molecule has 2 aromatic heterocycles. The van der Waals surface area contributed by atoms with Crippen LogP contribution in [0.1, 0.15) is 42.9 Å². The van der Waals surface area contributed by atoms with Crippen LogP contribution < -0.4 is 25.8 Å². The SMILES string of the molecule is CN1C(=O)Cc2cc(Nc3nc(NC4CCN(c5ccc6c(C7CCC(=O)NC7=O)nn(C)c6c5)CC4)ncc3Cl)ccc21. The molecule has 0 saturated carbocycles. The Balaban J connectivity index is 0.998. The maximum absolute atomic E-state index is 12.5. The van der Waals surface area contributed by atoms with Gasteiger partial charge in [0.25, 0.3) is 0 Å². The van der Waals surface area contributed by atoms with E-state index in [1.807, 2.05) is 36.0 Å². The first kappa shape index (κ1) is 28.1. The van der Waals surface area contributed by atoms with Crippen LogP contribution in [0.4, 0.5) is 28.8 Å². The summed E-state index contributed by atoms with van der Waals surface area (Å²) < 4.78 is 1.82. The Morgan fingerprint density at radius 2 is 1.84 bits per heavy atom. The molecule has 1 unspecified atom stereocenters. The lowest BCUT2D eigenvalue weighted by molar-refractivity contribution is -0.134. The number of nitrogens with zero attached hydrogens (tertiary/aromatic N) is 6. The van der Waals surface area contributed by atoms with Crippen molar-refractivity contribution in [2.75, 3.05) is 40.6 Å². The minimum absolute atomic E-state index is 0.0752. The number of aryl methyl sites for hydroxylation is 1. The maximum Gasteiger partial charge on any atom is 0.235 e. The van der Waals surface area contributed by atoms with Crippen molar-refractivity contribution in [2.45, 2.75) is 44.1 Å². The van der Waals surface area contributed by atoms with E-state index in [1.54, 1.807) is 18.1 Å². The predicted octanol–water partition coefficient (Wildman–Crippen LogP) is 3.88. The van der Waals surface area contributed by atoms with E-state index in [-0.39, 0.29) is 23.8 Å². The molecule has 0 aliphatic carbocycles. The Labute approximate surface area is 258 Å².